The second kappa shape index (κ2) is 9.15. The molecule has 0 N–H and O–H groups in total. The molecule has 0 spiro atoms. The molecule has 0 bridgehead atoms. The third kappa shape index (κ3) is 6.42. The molecule has 0 fully saturated rings. The molecular formula is C15H18ClNO4. The van der Waals surface area contributed by atoms with Crippen molar-refractivity contribution in [2.75, 3.05) is 33.9 Å². The number of hydrogen-bond acceptors (Lipinski definition) is 4. The molecule has 0 aliphatic carbocycles. The molecule has 1 aromatic rings. The van der Waals surface area contributed by atoms with Gasteiger partial charge in [-0.1, -0.05) is 23.7 Å². The Morgan fingerprint density at radius 1 is 1.24 bits per heavy atom. The van der Waals surface area contributed by atoms with Gasteiger partial charge < -0.3 is 14.4 Å². The van der Waals surface area contributed by atoms with E-state index in [9.17, 15) is 9.59 Å². The highest BCUT2D eigenvalue weighted by Gasteiger charge is 2.14. The van der Waals surface area contributed by atoms with Gasteiger partial charge in [-0.15, -0.1) is 0 Å². The van der Waals surface area contributed by atoms with Gasteiger partial charge in [0.05, 0.1) is 13.7 Å². The summed E-state index contributed by atoms with van der Waals surface area (Å²) in [5, 5.41) is 0.630. The minimum atomic E-state index is -0.473. The highest BCUT2D eigenvalue weighted by Crippen LogP contribution is 2.10. The zero-order valence-corrected chi connectivity index (χ0v) is 12.8. The number of halogens is 1. The number of methoxy groups -OCH3 is 2. The minimum absolute atomic E-state index is 0.107. The van der Waals surface area contributed by atoms with Gasteiger partial charge in [-0.2, -0.15) is 0 Å². The Morgan fingerprint density at radius 3 is 2.48 bits per heavy atom. The SMILES string of the molecule is COCCN(CC(=O)OC)C(=O)/C=C/c1ccc(Cl)cc1. The van der Waals surface area contributed by atoms with Crippen LogP contribution in [0.2, 0.25) is 5.02 Å². The number of rotatable bonds is 7. The quantitative estimate of drug-likeness (QED) is 0.571. The van der Waals surface area contributed by atoms with Crippen LogP contribution < -0.4 is 0 Å². The van der Waals surface area contributed by atoms with E-state index < -0.39 is 5.97 Å². The fourth-order valence-corrected chi connectivity index (χ4v) is 1.66. The fraction of sp³-hybridized carbons (Fsp3) is 0.333. The lowest BCUT2D eigenvalue weighted by Gasteiger charge is -2.19. The molecule has 0 saturated heterocycles. The van der Waals surface area contributed by atoms with Crippen LogP contribution in [0.5, 0.6) is 0 Å². The summed E-state index contributed by atoms with van der Waals surface area (Å²) in [5.74, 6) is -0.758. The van der Waals surface area contributed by atoms with Crippen molar-refractivity contribution in [3.05, 3.63) is 40.9 Å². The molecule has 114 valence electrons. The van der Waals surface area contributed by atoms with Gasteiger partial charge in [-0.05, 0) is 23.8 Å². The summed E-state index contributed by atoms with van der Waals surface area (Å²) in [6.45, 7) is 0.552. The largest absolute Gasteiger partial charge is 0.468 e. The fourth-order valence-electron chi connectivity index (χ4n) is 1.54. The topological polar surface area (TPSA) is 55.8 Å². The van der Waals surface area contributed by atoms with E-state index in [-0.39, 0.29) is 12.5 Å². The molecule has 0 saturated carbocycles. The van der Waals surface area contributed by atoms with E-state index in [0.29, 0.717) is 18.2 Å². The predicted octanol–water partition coefficient (Wildman–Crippen LogP) is 2.00. The van der Waals surface area contributed by atoms with Crippen LogP contribution in [0.1, 0.15) is 5.56 Å². The van der Waals surface area contributed by atoms with Crippen LogP contribution in [-0.2, 0) is 19.1 Å². The molecule has 21 heavy (non-hydrogen) atoms. The summed E-state index contributed by atoms with van der Waals surface area (Å²) in [6, 6.07) is 7.07. The van der Waals surface area contributed by atoms with Gasteiger partial charge in [-0.25, -0.2) is 0 Å². The number of nitrogens with zero attached hydrogens (tertiary/aromatic N) is 1. The molecule has 1 amide bonds. The van der Waals surface area contributed by atoms with Crippen molar-refractivity contribution in [3.8, 4) is 0 Å². The van der Waals surface area contributed by atoms with E-state index in [1.165, 1.54) is 25.2 Å². The molecule has 0 radical (unpaired) electrons. The van der Waals surface area contributed by atoms with Crippen molar-refractivity contribution in [2.45, 2.75) is 0 Å². The normalized spacial score (nSPS) is 10.6. The number of carbonyl (C=O) groups is 2. The van der Waals surface area contributed by atoms with Gasteiger partial charge in [0.1, 0.15) is 6.54 Å². The predicted molar refractivity (Wildman–Crippen MR) is 81.0 cm³/mol. The second-order valence-electron chi connectivity index (χ2n) is 4.21. The third-order valence-corrected chi connectivity index (χ3v) is 2.96. The van der Waals surface area contributed by atoms with Crippen LogP contribution >= 0.6 is 11.6 Å². The highest BCUT2D eigenvalue weighted by molar-refractivity contribution is 6.30. The Labute approximate surface area is 129 Å². The molecule has 1 rings (SSSR count). The van der Waals surface area contributed by atoms with Crippen molar-refractivity contribution in [3.63, 3.8) is 0 Å². The van der Waals surface area contributed by atoms with Crippen LogP contribution in [0.3, 0.4) is 0 Å². The van der Waals surface area contributed by atoms with Crippen molar-refractivity contribution in [2.24, 2.45) is 0 Å². The molecular weight excluding hydrogens is 294 g/mol. The third-order valence-electron chi connectivity index (χ3n) is 2.71. The van der Waals surface area contributed by atoms with E-state index in [2.05, 4.69) is 4.74 Å². The first-order valence-electron chi connectivity index (χ1n) is 6.35. The Kier molecular flexibility index (Phi) is 7.50. The Balaban J connectivity index is 2.70. The average Bonchev–Trinajstić information content (AvgIpc) is 2.50. The van der Waals surface area contributed by atoms with Crippen LogP contribution in [-0.4, -0.2) is 50.7 Å². The summed E-state index contributed by atoms with van der Waals surface area (Å²) in [7, 11) is 2.81. The number of hydrogen-bond donors (Lipinski definition) is 0. The molecule has 0 atom stereocenters. The monoisotopic (exact) mass is 311 g/mol. The maximum Gasteiger partial charge on any atom is 0.325 e. The molecule has 5 nitrogen and oxygen atoms in total. The first-order valence-corrected chi connectivity index (χ1v) is 6.73. The molecule has 0 heterocycles. The van der Waals surface area contributed by atoms with Gasteiger partial charge in [0, 0.05) is 24.8 Å². The van der Waals surface area contributed by atoms with E-state index in [0.717, 1.165) is 5.56 Å². The zero-order chi connectivity index (χ0) is 15.7. The van der Waals surface area contributed by atoms with Gasteiger partial charge in [0.15, 0.2) is 0 Å². The molecule has 6 heteroatoms. The van der Waals surface area contributed by atoms with Gasteiger partial charge >= 0.3 is 5.97 Å². The summed E-state index contributed by atoms with van der Waals surface area (Å²) in [6.07, 6.45) is 3.07. The van der Waals surface area contributed by atoms with Gasteiger partial charge in [-0.3, -0.25) is 9.59 Å². The standard InChI is InChI=1S/C15H18ClNO4/c1-20-10-9-17(11-15(19)21-2)14(18)8-5-12-3-6-13(16)7-4-12/h3-8H,9-11H2,1-2H3/b8-5+. The van der Waals surface area contributed by atoms with Crippen LogP contribution in [0.4, 0.5) is 0 Å². The first-order chi connectivity index (χ1) is 10.1. The summed E-state index contributed by atoms with van der Waals surface area (Å²) >= 11 is 5.79. The van der Waals surface area contributed by atoms with Crippen LogP contribution in [0.25, 0.3) is 6.08 Å². The van der Waals surface area contributed by atoms with Gasteiger partial charge in [0.2, 0.25) is 5.91 Å². The smallest absolute Gasteiger partial charge is 0.325 e. The average molecular weight is 312 g/mol. The van der Waals surface area contributed by atoms with Crippen molar-refractivity contribution in [1.82, 2.24) is 4.90 Å². The summed E-state index contributed by atoms with van der Waals surface area (Å²) < 4.78 is 9.50. The van der Waals surface area contributed by atoms with E-state index >= 15 is 0 Å². The minimum Gasteiger partial charge on any atom is -0.468 e. The van der Waals surface area contributed by atoms with Gasteiger partial charge in [0.25, 0.3) is 0 Å². The molecule has 0 unspecified atom stereocenters. The maximum absolute atomic E-state index is 12.1. The van der Waals surface area contributed by atoms with E-state index in [4.69, 9.17) is 16.3 Å². The Morgan fingerprint density at radius 2 is 1.90 bits per heavy atom. The van der Waals surface area contributed by atoms with Crippen molar-refractivity contribution in [1.29, 1.82) is 0 Å². The summed E-state index contributed by atoms with van der Waals surface area (Å²) in [4.78, 5) is 24.8. The summed E-state index contributed by atoms with van der Waals surface area (Å²) in [5.41, 5.74) is 0.845. The second-order valence-corrected chi connectivity index (χ2v) is 4.65. The Bertz CT molecular complexity index is 499. The maximum atomic E-state index is 12.1. The number of benzene rings is 1. The highest BCUT2D eigenvalue weighted by atomic mass is 35.5. The zero-order valence-electron chi connectivity index (χ0n) is 12.0. The first kappa shape index (κ1) is 17.2. The number of esters is 1. The van der Waals surface area contributed by atoms with E-state index in [1.807, 2.05) is 0 Å². The molecule has 0 aliphatic rings. The number of carbonyl (C=O) groups excluding carboxylic acids is 2. The number of ether oxygens (including phenoxy) is 2. The molecule has 0 aromatic heterocycles. The molecule has 1 aromatic carbocycles. The van der Waals surface area contributed by atoms with E-state index in [1.54, 1.807) is 30.3 Å². The molecule has 0 aliphatic heterocycles. The number of amides is 1. The lowest BCUT2D eigenvalue weighted by atomic mass is 10.2. The lowest BCUT2D eigenvalue weighted by molar-refractivity contribution is -0.145. The lowest BCUT2D eigenvalue weighted by Crippen LogP contribution is -2.37. The Hall–Kier alpha value is -1.85. The van der Waals surface area contributed by atoms with Crippen molar-refractivity contribution < 1.29 is 19.1 Å². The van der Waals surface area contributed by atoms with Crippen LogP contribution in [0.15, 0.2) is 30.3 Å². The van der Waals surface area contributed by atoms with Crippen molar-refractivity contribution >= 4 is 29.6 Å². The van der Waals surface area contributed by atoms with Crippen LogP contribution in [0, 0.1) is 0 Å².